The van der Waals surface area contributed by atoms with Gasteiger partial charge in [0.05, 0.1) is 16.9 Å². The van der Waals surface area contributed by atoms with Crippen LogP contribution in [-0.4, -0.2) is 34.1 Å². The third kappa shape index (κ3) is 2.49. The zero-order valence-corrected chi connectivity index (χ0v) is 12.1. The summed E-state index contributed by atoms with van der Waals surface area (Å²) in [6.07, 6.45) is 3.92. The van der Waals surface area contributed by atoms with Gasteiger partial charge in [-0.25, -0.2) is 4.98 Å². The molecule has 19 heavy (non-hydrogen) atoms. The molecule has 0 amide bonds. The van der Waals surface area contributed by atoms with E-state index in [1.54, 1.807) is 0 Å². The third-order valence-electron chi connectivity index (χ3n) is 4.17. The van der Waals surface area contributed by atoms with Crippen LogP contribution < -0.4 is 0 Å². The van der Waals surface area contributed by atoms with Crippen LogP contribution in [0.4, 0.5) is 0 Å². The van der Waals surface area contributed by atoms with E-state index >= 15 is 0 Å². The van der Waals surface area contributed by atoms with Crippen molar-refractivity contribution >= 4 is 22.6 Å². The molecule has 0 N–H and O–H groups in total. The van der Waals surface area contributed by atoms with Crippen molar-refractivity contribution in [3.63, 3.8) is 0 Å². The molecular weight excluding hydrogens is 258 g/mol. The second-order valence-corrected chi connectivity index (χ2v) is 5.66. The maximum Gasteiger partial charge on any atom is 0.124 e. The van der Waals surface area contributed by atoms with E-state index in [0.29, 0.717) is 11.9 Å². The normalized spacial score (nSPS) is 21.1. The van der Waals surface area contributed by atoms with E-state index in [0.717, 1.165) is 17.9 Å². The molecule has 1 saturated heterocycles. The zero-order valence-electron chi connectivity index (χ0n) is 11.3. The van der Waals surface area contributed by atoms with Crippen LogP contribution in [0, 0.1) is 0 Å². The first-order chi connectivity index (χ1) is 9.29. The number of fused-ring (bicyclic) bond motifs is 1. The Morgan fingerprint density at radius 2 is 2.16 bits per heavy atom. The summed E-state index contributed by atoms with van der Waals surface area (Å²) < 4.78 is 2.30. The molecule has 1 fully saturated rings. The van der Waals surface area contributed by atoms with Gasteiger partial charge in [0, 0.05) is 12.6 Å². The molecular formula is C15H20ClN3. The molecule has 0 saturated carbocycles. The van der Waals surface area contributed by atoms with Gasteiger partial charge < -0.3 is 9.47 Å². The van der Waals surface area contributed by atoms with Crippen molar-refractivity contribution in [2.24, 2.45) is 0 Å². The van der Waals surface area contributed by atoms with Crippen LogP contribution in [0.2, 0.25) is 0 Å². The molecule has 1 aliphatic rings. The minimum Gasteiger partial charge on any atom is -0.325 e. The number of likely N-dealkylation sites (N-methyl/N-ethyl adjacent to an activating group) is 1. The Kier molecular flexibility index (Phi) is 3.76. The summed E-state index contributed by atoms with van der Waals surface area (Å²) in [6, 6.07) is 8.91. The van der Waals surface area contributed by atoms with Crippen molar-refractivity contribution in [2.75, 3.05) is 13.6 Å². The van der Waals surface area contributed by atoms with Crippen molar-refractivity contribution in [3.05, 3.63) is 30.1 Å². The molecule has 0 bridgehead atoms. The Balaban J connectivity index is 1.94. The number of para-hydroxylation sites is 2. The van der Waals surface area contributed by atoms with Crippen molar-refractivity contribution in [2.45, 2.75) is 37.7 Å². The van der Waals surface area contributed by atoms with Crippen LogP contribution in [0.5, 0.6) is 0 Å². The molecule has 4 heteroatoms. The van der Waals surface area contributed by atoms with Crippen molar-refractivity contribution in [1.82, 2.24) is 14.5 Å². The summed E-state index contributed by atoms with van der Waals surface area (Å²) in [5, 5.41) is 0. The van der Waals surface area contributed by atoms with E-state index in [4.69, 9.17) is 11.6 Å². The monoisotopic (exact) mass is 277 g/mol. The topological polar surface area (TPSA) is 21.1 Å². The highest BCUT2D eigenvalue weighted by Gasteiger charge is 2.21. The van der Waals surface area contributed by atoms with E-state index in [9.17, 15) is 0 Å². The van der Waals surface area contributed by atoms with E-state index in [2.05, 4.69) is 39.7 Å². The van der Waals surface area contributed by atoms with Gasteiger partial charge in [0.1, 0.15) is 5.82 Å². The lowest BCUT2D eigenvalue weighted by atomic mass is 10.0. The molecule has 1 atom stereocenters. The Morgan fingerprint density at radius 1 is 1.32 bits per heavy atom. The number of rotatable bonds is 3. The molecule has 0 radical (unpaired) electrons. The number of likely N-dealkylation sites (tertiary alicyclic amines) is 1. The summed E-state index contributed by atoms with van der Waals surface area (Å²) in [7, 11) is 2.23. The predicted octanol–water partition coefficient (Wildman–Crippen LogP) is 3.26. The van der Waals surface area contributed by atoms with Crippen molar-refractivity contribution < 1.29 is 0 Å². The highest BCUT2D eigenvalue weighted by Crippen LogP contribution is 2.22. The second-order valence-electron chi connectivity index (χ2n) is 5.39. The Hall–Kier alpha value is -1.06. The number of nitrogens with zero attached hydrogens (tertiary/aromatic N) is 3. The predicted molar refractivity (Wildman–Crippen MR) is 79.6 cm³/mol. The lowest BCUT2D eigenvalue weighted by Crippen LogP contribution is -2.39. The molecule has 1 aromatic heterocycles. The molecule has 1 unspecified atom stereocenters. The van der Waals surface area contributed by atoms with Crippen molar-refractivity contribution in [1.29, 1.82) is 0 Å². The number of hydrogen-bond donors (Lipinski definition) is 0. The first-order valence-corrected chi connectivity index (χ1v) is 7.53. The Bertz CT molecular complexity index is 564. The molecule has 0 aliphatic carbocycles. The number of hydrogen-bond acceptors (Lipinski definition) is 2. The van der Waals surface area contributed by atoms with Crippen LogP contribution in [-0.2, 0) is 12.4 Å². The number of aromatic nitrogens is 2. The number of halogens is 1. The summed E-state index contributed by atoms with van der Waals surface area (Å²) in [4.78, 5) is 7.10. The minimum atomic E-state index is 0.477. The van der Waals surface area contributed by atoms with Crippen molar-refractivity contribution in [3.8, 4) is 0 Å². The summed E-state index contributed by atoms with van der Waals surface area (Å²) >= 11 is 6.06. The Morgan fingerprint density at radius 3 is 2.95 bits per heavy atom. The van der Waals surface area contributed by atoms with Gasteiger partial charge >= 0.3 is 0 Å². The lowest BCUT2D eigenvalue weighted by Gasteiger charge is -2.33. The minimum absolute atomic E-state index is 0.477. The van der Waals surface area contributed by atoms with Gasteiger partial charge in [-0.2, -0.15) is 0 Å². The molecule has 1 aromatic carbocycles. The first kappa shape index (κ1) is 12.9. The molecule has 3 nitrogen and oxygen atoms in total. The number of benzene rings is 1. The van der Waals surface area contributed by atoms with E-state index in [1.165, 1.54) is 31.3 Å². The smallest absolute Gasteiger partial charge is 0.124 e. The lowest BCUT2D eigenvalue weighted by molar-refractivity contribution is 0.168. The van der Waals surface area contributed by atoms with Crippen LogP contribution in [0.25, 0.3) is 11.0 Å². The van der Waals surface area contributed by atoms with Gasteiger partial charge in [0.15, 0.2) is 0 Å². The van der Waals surface area contributed by atoms with Gasteiger partial charge in [-0.05, 0) is 38.6 Å². The molecule has 2 heterocycles. The second kappa shape index (κ2) is 5.51. The van der Waals surface area contributed by atoms with Crippen LogP contribution in [0.15, 0.2) is 24.3 Å². The summed E-state index contributed by atoms with van der Waals surface area (Å²) in [5.74, 6) is 1.47. The summed E-state index contributed by atoms with van der Waals surface area (Å²) in [5.41, 5.74) is 2.26. The highest BCUT2D eigenvalue weighted by atomic mass is 35.5. The first-order valence-electron chi connectivity index (χ1n) is 7.00. The standard InChI is InChI=1S/C15H20ClN3/c1-18-9-5-4-6-12(18)11-19-14-8-3-2-7-13(14)17-15(19)10-16/h2-3,7-8,12H,4-6,9-11H2,1H3. The summed E-state index contributed by atoms with van der Waals surface area (Å²) in [6.45, 7) is 2.20. The highest BCUT2D eigenvalue weighted by molar-refractivity contribution is 6.16. The maximum atomic E-state index is 6.06. The molecule has 0 spiro atoms. The fourth-order valence-corrected chi connectivity index (χ4v) is 3.22. The quantitative estimate of drug-likeness (QED) is 0.803. The third-order valence-corrected chi connectivity index (χ3v) is 4.41. The average Bonchev–Trinajstić information content (AvgIpc) is 2.79. The number of piperidine rings is 1. The van der Waals surface area contributed by atoms with Gasteiger partial charge in [-0.1, -0.05) is 18.6 Å². The zero-order chi connectivity index (χ0) is 13.2. The van der Waals surface area contributed by atoms with Gasteiger partial charge in [-0.15, -0.1) is 11.6 Å². The van der Waals surface area contributed by atoms with Crippen LogP contribution in [0.3, 0.4) is 0 Å². The largest absolute Gasteiger partial charge is 0.325 e. The number of alkyl halides is 1. The van der Waals surface area contributed by atoms with E-state index in [1.807, 2.05) is 6.07 Å². The molecule has 2 aromatic rings. The average molecular weight is 278 g/mol. The molecule has 102 valence electrons. The Labute approximate surface area is 119 Å². The van der Waals surface area contributed by atoms with Gasteiger partial charge in [-0.3, -0.25) is 0 Å². The SMILES string of the molecule is CN1CCCCC1Cn1c(CCl)nc2ccccc21. The van der Waals surface area contributed by atoms with E-state index in [-0.39, 0.29) is 0 Å². The van der Waals surface area contributed by atoms with Crippen LogP contribution >= 0.6 is 11.6 Å². The molecule has 3 rings (SSSR count). The number of imidazole rings is 1. The maximum absolute atomic E-state index is 6.06. The van der Waals surface area contributed by atoms with Crippen LogP contribution in [0.1, 0.15) is 25.1 Å². The molecule has 1 aliphatic heterocycles. The fourth-order valence-electron chi connectivity index (χ4n) is 3.02. The van der Waals surface area contributed by atoms with Gasteiger partial charge in [0.25, 0.3) is 0 Å². The van der Waals surface area contributed by atoms with Gasteiger partial charge in [0.2, 0.25) is 0 Å². The fraction of sp³-hybridized carbons (Fsp3) is 0.533. The van der Waals surface area contributed by atoms with E-state index < -0.39 is 0 Å².